The van der Waals surface area contributed by atoms with E-state index in [0.717, 1.165) is 32.1 Å². The molecule has 2 aliphatic heterocycles. The smallest absolute Gasteiger partial charge is 0.325 e. The maximum Gasteiger partial charge on any atom is 0.325 e. The molecule has 23 heavy (non-hydrogen) atoms. The Kier molecular flexibility index (Phi) is 3.96. The van der Waals surface area contributed by atoms with Gasteiger partial charge in [0.05, 0.1) is 11.2 Å². The van der Waals surface area contributed by atoms with Gasteiger partial charge < -0.3 is 15.4 Å². The van der Waals surface area contributed by atoms with E-state index in [0.29, 0.717) is 13.1 Å². The van der Waals surface area contributed by atoms with Gasteiger partial charge in [-0.15, -0.1) is 0 Å². The zero-order chi connectivity index (χ0) is 16.9. The van der Waals surface area contributed by atoms with E-state index < -0.39 is 5.54 Å². The van der Waals surface area contributed by atoms with Crippen molar-refractivity contribution in [1.82, 2.24) is 15.5 Å². The van der Waals surface area contributed by atoms with Crippen molar-refractivity contribution in [2.75, 3.05) is 13.1 Å². The molecule has 3 aliphatic rings. The third-order valence-corrected chi connectivity index (χ3v) is 5.50. The molecular weight excluding hydrogens is 294 g/mol. The molecule has 6 heteroatoms. The highest BCUT2D eigenvalue weighted by atomic mass is 16.5. The Balaban J connectivity index is 1.55. The second-order valence-electron chi connectivity index (χ2n) is 8.35. The van der Waals surface area contributed by atoms with Gasteiger partial charge in [0.15, 0.2) is 0 Å². The molecule has 1 atom stereocenters. The highest BCUT2D eigenvalue weighted by Crippen LogP contribution is 2.37. The molecule has 0 radical (unpaired) electrons. The van der Waals surface area contributed by atoms with Crippen molar-refractivity contribution < 1.29 is 14.3 Å². The summed E-state index contributed by atoms with van der Waals surface area (Å²) in [5, 5.41) is 6.40. The molecule has 3 amide bonds. The number of hydrogen-bond donors (Lipinski definition) is 2. The van der Waals surface area contributed by atoms with Crippen LogP contribution in [-0.2, 0) is 9.53 Å². The summed E-state index contributed by atoms with van der Waals surface area (Å²) < 4.78 is 6.07. The first kappa shape index (κ1) is 16.7. The van der Waals surface area contributed by atoms with Crippen molar-refractivity contribution in [2.24, 2.45) is 0 Å². The fourth-order valence-corrected chi connectivity index (χ4v) is 4.43. The molecule has 0 bridgehead atoms. The van der Waals surface area contributed by atoms with Gasteiger partial charge in [0.2, 0.25) is 0 Å². The van der Waals surface area contributed by atoms with Crippen LogP contribution in [0.2, 0.25) is 0 Å². The van der Waals surface area contributed by atoms with Crippen LogP contribution in [0.15, 0.2) is 0 Å². The Bertz CT molecular complexity index is 509. The van der Waals surface area contributed by atoms with Crippen molar-refractivity contribution >= 4 is 11.9 Å². The van der Waals surface area contributed by atoms with E-state index in [1.165, 1.54) is 4.90 Å². The lowest BCUT2D eigenvalue weighted by Gasteiger charge is -2.28. The van der Waals surface area contributed by atoms with Gasteiger partial charge in [-0.05, 0) is 47.0 Å². The molecular formula is C17H29N3O3. The molecule has 0 aromatic carbocycles. The monoisotopic (exact) mass is 323 g/mol. The Hall–Kier alpha value is -1.14. The molecule has 0 aromatic heterocycles. The minimum atomic E-state index is -0.602. The average Bonchev–Trinajstić information content (AvgIpc) is 3.02. The van der Waals surface area contributed by atoms with Crippen molar-refractivity contribution in [2.45, 2.75) is 82.6 Å². The van der Waals surface area contributed by atoms with Crippen LogP contribution in [0, 0.1) is 0 Å². The van der Waals surface area contributed by atoms with E-state index in [1.54, 1.807) is 0 Å². The van der Waals surface area contributed by atoms with E-state index in [-0.39, 0.29) is 29.2 Å². The molecule has 6 nitrogen and oxygen atoms in total. The Morgan fingerprint density at radius 2 is 1.87 bits per heavy atom. The average molecular weight is 323 g/mol. The molecule has 130 valence electrons. The van der Waals surface area contributed by atoms with Crippen LogP contribution in [0.1, 0.15) is 59.8 Å². The van der Waals surface area contributed by atoms with E-state index in [9.17, 15) is 9.59 Å². The lowest BCUT2D eigenvalue weighted by molar-refractivity contribution is -0.131. The van der Waals surface area contributed by atoms with Crippen LogP contribution < -0.4 is 10.6 Å². The fourth-order valence-electron chi connectivity index (χ4n) is 4.43. The third kappa shape index (κ3) is 2.98. The van der Waals surface area contributed by atoms with Crippen LogP contribution in [0.5, 0.6) is 0 Å². The summed E-state index contributed by atoms with van der Waals surface area (Å²) in [6.45, 7) is 9.37. The normalized spacial score (nSPS) is 31.1. The summed E-state index contributed by atoms with van der Waals surface area (Å²) in [4.78, 5) is 26.1. The van der Waals surface area contributed by atoms with E-state index in [4.69, 9.17) is 4.74 Å². The number of nitrogens with zero attached hydrogens (tertiary/aromatic N) is 1. The maximum atomic E-state index is 12.6. The predicted octanol–water partition coefficient (Wildman–Crippen LogP) is 1.79. The highest BCUT2D eigenvalue weighted by molar-refractivity contribution is 6.07. The minimum absolute atomic E-state index is 0.0379. The summed E-state index contributed by atoms with van der Waals surface area (Å²) in [6, 6.07) is -0.0142. The second-order valence-corrected chi connectivity index (χ2v) is 8.35. The summed E-state index contributed by atoms with van der Waals surface area (Å²) in [5.74, 6) is -0.0379. The molecule has 2 saturated heterocycles. The van der Waals surface area contributed by atoms with Gasteiger partial charge in [0.25, 0.3) is 5.91 Å². The zero-order valence-electron chi connectivity index (χ0n) is 14.7. The SMILES string of the molecule is CC1(C)CC(NCCN2C(=O)NC3(CCCC3)C2=O)C(C)(C)O1. The molecule has 1 unspecified atom stereocenters. The van der Waals surface area contributed by atoms with Gasteiger partial charge in [0, 0.05) is 19.1 Å². The number of hydrogen-bond acceptors (Lipinski definition) is 4. The number of urea groups is 1. The molecule has 1 aliphatic carbocycles. The summed E-state index contributed by atoms with van der Waals surface area (Å²) in [5.41, 5.74) is -0.988. The summed E-state index contributed by atoms with van der Waals surface area (Å²) >= 11 is 0. The van der Waals surface area contributed by atoms with Crippen molar-refractivity contribution in [3.05, 3.63) is 0 Å². The first-order valence-electron chi connectivity index (χ1n) is 8.73. The quantitative estimate of drug-likeness (QED) is 0.774. The Morgan fingerprint density at radius 3 is 2.43 bits per heavy atom. The van der Waals surface area contributed by atoms with Gasteiger partial charge in [-0.3, -0.25) is 9.69 Å². The standard InChI is InChI=1S/C17H29N3O3/c1-15(2)11-12(16(3,4)23-15)18-9-10-20-13(21)17(19-14(20)22)7-5-6-8-17/h12,18H,5-11H2,1-4H3,(H,19,22). The minimum Gasteiger partial charge on any atom is -0.368 e. The molecule has 2 heterocycles. The van der Waals surface area contributed by atoms with Gasteiger partial charge in [-0.25, -0.2) is 4.79 Å². The number of carbonyl (C=O) groups excluding carboxylic acids is 2. The number of carbonyl (C=O) groups is 2. The topological polar surface area (TPSA) is 70.7 Å². The molecule has 3 rings (SSSR count). The van der Waals surface area contributed by atoms with Crippen LogP contribution in [0.3, 0.4) is 0 Å². The van der Waals surface area contributed by atoms with Crippen LogP contribution in [0.25, 0.3) is 0 Å². The molecule has 3 fully saturated rings. The Labute approximate surface area is 138 Å². The van der Waals surface area contributed by atoms with E-state index >= 15 is 0 Å². The number of rotatable bonds is 4. The highest BCUT2D eigenvalue weighted by Gasteiger charge is 2.52. The number of imide groups is 1. The first-order chi connectivity index (χ1) is 10.7. The first-order valence-corrected chi connectivity index (χ1v) is 8.73. The lowest BCUT2D eigenvalue weighted by atomic mass is 9.94. The Morgan fingerprint density at radius 1 is 1.22 bits per heavy atom. The van der Waals surface area contributed by atoms with Gasteiger partial charge in [-0.1, -0.05) is 12.8 Å². The number of nitrogens with one attached hydrogen (secondary N) is 2. The predicted molar refractivity (Wildman–Crippen MR) is 87.1 cm³/mol. The third-order valence-electron chi connectivity index (χ3n) is 5.50. The van der Waals surface area contributed by atoms with Crippen LogP contribution >= 0.6 is 0 Å². The van der Waals surface area contributed by atoms with Crippen LogP contribution in [0.4, 0.5) is 4.79 Å². The van der Waals surface area contributed by atoms with Crippen LogP contribution in [-0.4, -0.2) is 52.7 Å². The lowest BCUT2D eigenvalue weighted by Crippen LogP contribution is -2.47. The molecule has 1 spiro atoms. The summed E-state index contributed by atoms with van der Waals surface area (Å²) in [7, 11) is 0. The van der Waals surface area contributed by atoms with Gasteiger partial charge in [-0.2, -0.15) is 0 Å². The van der Waals surface area contributed by atoms with Crippen molar-refractivity contribution in [3.63, 3.8) is 0 Å². The maximum absolute atomic E-state index is 12.6. The summed E-state index contributed by atoms with van der Waals surface area (Å²) in [6.07, 6.45) is 4.50. The molecule has 2 N–H and O–H groups in total. The van der Waals surface area contributed by atoms with Gasteiger partial charge in [0.1, 0.15) is 5.54 Å². The van der Waals surface area contributed by atoms with E-state index in [2.05, 4.69) is 38.3 Å². The number of ether oxygens (including phenoxy) is 1. The van der Waals surface area contributed by atoms with E-state index in [1.807, 2.05) is 0 Å². The fraction of sp³-hybridized carbons (Fsp3) is 0.882. The van der Waals surface area contributed by atoms with Crippen molar-refractivity contribution in [3.8, 4) is 0 Å². The molecule has 1 saturated carbocycles. The molecule has 0 aromatic rings. The van der Waals surface area contributed by atoms with Crippen molar-refractivity contribution in [1.29, 1.82) is 0 Å². The van der Waals surface area contributed by atoms with Gasteiger partial charge >= 0.3 is 6.03 Å². The largest absolute Gasteiger partial charge is 0.368 e. The zero-order valence-corrected chi connectivity index (χ0v) is 14.7. The number of amides is 3. The second kappa shape index (κ2) is 5.45.